The topological polar surface area (TPSA) is 98.7 Å². The molecule has 2 rings (SSSR count). The standard InChI is InChI=1S/C11H14N6O/c1-7(10-16-14-6-17(10)2)15-11(18)8-3-4-13-9(12)5-8/h3-7H,1-2H3,(H2,12,13)(H,15,18). The molecule has 3 N–H and O–H groups in total. The first kappa shape index (κ1) is 12.0. The Balaban J connectivity index is 2.10. The monoisotopic (exact) mass is 246 g/mol. The molecule has 0 aliphatic heterocycles. The lowest BCUT2D eigenvalue weighted by atomic mass is 10.2. The van der Waals surface area contributed by atoms with Crippen LogP contribution in [0.4, 0.5) is 5.82 Å². The second-order valence-corrected chi connectivity index (χ2v) is 3.96. The van der Waals surface area contributed by atoms with E-state index in [1.807, 2.05) is 14.0 Å². The van der Waals surface area contributed by atoms with E-state index in [0.717, 1.165) is 0 Å². The van der Waals surface area contributed by atoms with Crippen molar-refractivity contribution < 1.29 is 4.79 Å². The van der Waals surface area contributed by atoms with Gasteiger partial charge in [0.05, 0.1) is 6.04 Å². The first-order valence-corrected chi connectivity index (χ1v) is 5.44. The summed E-state index contributed by atoms with van der Waals surface area (Å²) in [6.45, 7) is 1.84. The smallest absolute Gasteiger partial charge is 0.252 e. The van der Waals surface area contributed by atoms with E-state index in [1.54, 1.807) is 17.0 Å². The molecule has 2 aromatic heterocycles. The van der Waals surface area contributed by atoms with Crippen LogP contribution in [0.2, 0.25) is 0 Å². The zero-order valence-corrected chi connectivity index (χ0v) is 10.2. The highest BCUT2D eigenvalue weighted by atomic mass is 16.1. The summed E-state index contributed by atoms with van der Waals surface area (Å²) in [5, 5.41) is 10.5. The summed E-state index contributed by atoms with van der Waals surface area (Å²) >= 11 is 0. The minimum Gasteiger partial charge on any atom is -0.384 e. The van der Waals surface area contributed by atoms with Crippen molar-refractivity contribution in [1.29, 1.82) is 0 Å². The zero-order chi connectivity index (χ0) is 13.1. The Hall–Kier alpha value is -2.44. The van der Waals surface area contributed by atoms with Gasteiger partial charge in [0.2, 0.25) is 0 Å². The second kappa shape index (κ2) is 4.82. The number of carbonyl (C=O) groups excluding carboxylic acids is 1. The molecule has 0 spiro atoms. The van der Waals surface area contributed by atoms with Crippen molar-refractivity contribution in [2.24, 2.45) is 7.05 Å². The molecule has 0 radical (unpaired) electrons. The highest BCUT2D eigenvalue weighted by Gasteiger charge is 2.15. The molecule has 1 amide bonds. The summed E-state index contributed by atoms with van der Waals surface area (Å²) in [7, 11) is 1.82. The zero-order valence-electron chi connectivity index (χ0n) is 10.2. The van der Waals surface area contributed by atoms with Crippen molar-refractivity contribution in [2.75, 3.05) is 5.73 Å². The van der Waals surface area contributed by atoms with Gasteiger partial charge in [-0.25, -0.2) is 4.98 Å². The van der Waals surface area contributed by atoms with E-state index in [1.165, 1.54) is 12.3 Å². The molecule has 7 nitrogen and oxygen atoms in total. The number of amides is 1. The van der Waals surface area contributed by atoms with Crippen LogP contribution in [-0.2, 0) is 7.05 Å². The molecular weight excluding hydrogens is 232 g/mol. The molecule has 2 heterocycles. The van der Waals surface area contributed by atoms with Crippen molar-refractivity contribution in [3.63, 3.8) is 0 Å². The van der Waals surface area contributed by atoms with Gasteiger partial charge in [-0.2, -0.15) is 0 Å². The number of nitrogen functional groups attached to an aromatic ring is 1. The second-order valence-electron chi connectivity index (χ2n) is 3.96. The molecule has 18 heavy (non-hydrogen) atoms. The number of hydrogen-bond acceptors (Lipinski definition) is 5. The summed E-state index contributed by atoms with van der Waals surface area (Å²) in [5.74, 6) is 0.777. The normalized spacial score (nSPS) is 12.1. The Morgan fingerprint density at radius 2 is 2.33 bits per heavy atom. The average Bonchev–Trinajstić information content (AvgIpc) is 2.75. The number of aryl methyl sites for hydroxylation is 1. The molecule has 0 aliphatic rings. The van der Waals surface area contributed by atoms with E-state index in [0.29, 0.717) is 17.2 Å². The molecule has 7 heteroatoms. The number of carbonyl (C=O) groups is 1. The lowest BCUT2D eigenvalue weighted by molar-refractivity contribution is 0.0937. The summed E-state index contributed by atoms with van der Waals surface area (Å²) in [6, 6.07) is 2.90. The van der Waals surface area contributed by atoms with Crippen LogP contribution in [0.3, 0.4) is 0 Å². The number of hydrogen-bond donors (Lipinski definition) is 2. The van der Waals surface area contributed by atoms with Crippen LogP contribution >= 0.6 is 0 Å². The lowest BCUT2D eigenvalue weighted by Crippen LogP contribution is -2.28. The van der Waals surface area contributed by atoms with E-state index in [4.69, 9.17) is 5.73 Å². The van der Waals surface area contributed by atoms with Crippen LogP contribution in [-0.4, -0.2) is 25.7 Å². The molecule has 1 unspecified atom stereocenters. The number of aromatic nitrogens is 4. The Kier molecular flexibility index (Phi) is 3.22. The van der Waals surface area contributed by atoms with Crippen LogP contribution in [0.5, 0.6) is 0 Å². The number of anilines is 1. The molecule has 1 atom stereocenters. The summed E-state index contributed by atoms with van der Waals surface area (Å²) < 4.78 is 1.76. The summed E-state index contributed by atoms with van der Waals surface area (Å²) in [5.41, 5.74) is 6.00. The van der Waals surface area contributed by atoms with E-state index >= 15 is 0 Å². The highest BCUT2D eigenvalue weighted by molar-refractivity contribution is 5.94. The molecule has 0 bridgehead atoms. The van der Waals surface area contributed by atoms with Gasteiger partial charge in [0.25, 0.3) is 5.91 Å². The fourth-order valence-corrected chi connectivity index (χ4v) is 1.62. The first-order chi connectivity index (χ1) is 8.58. The Morgan fingerprint density at radius 1 is 1.56 bits per heavy atom. The van der Waals surface area contributed by atoms with Crippen molar-refractivity contribution in [3.05, 3.63) is 36.0 Å². The molecule has 94 valence electrons. The van der Waals surface area contributed by atoms with Gasteiger partial charge in [-0.3, -0.25) is 4.79 Å². The number of nitrogens with zero attached hydrogens (tertiary/aromatic N) is 4. The maximum atomic E-state index is 12.0. The largest absolute Gasteiger partial charge is 0.384 e. The van der Waals surface area contributed by atoms with Crippen LogP contribution in [0, 0.1) is 0 Å². The number of nitrogens with one attached hydrogen (secondary N) is 1. The van der Waals surface area contributed by atoms with Crippen LogP contribution in [0.1, 0.15) is 29.1 Å². The third-order valence-corrected chi connectivity index (χ3v) is 2.52. The maximum Gasteiger partial charge on any atom is 0.252 e. The minimum atomic E-state index is -0.237. The minimum absolute atomic E-state index is 0.223. The molecule has 2 aromatic rings. The SMILES string of the molecule is CC(NC(=O)c1ccnc(N)c1)c1nncn1C. The lowest BCUT2D eigenvalue weighted by Gasteiger charge is -2.12. The summed E-state index contributed by atoms with van der Waals surface area (Å²) in [6.07, 6.45) is 3.08. The van der Waals surface area contributed by atoms with Gasteiger partial charge in [-0.15, -0.1) is 10.2 Å². The molecule has 0 fully saturated rings. The van der Waals surface area contributed by atoms with E-state index < -0.39 is 0 Å². The van der Waals surface area contributed by atoms with Crippen LogP contribution < -0.4 is 11.1 Å². The van der Waals surface area contributed by atoms with E-state index in [-0.39, 0.29) is 11.9 Å². The molecule has 0 aromatic carbocycles. The van der Waals surface area contributed by atoms with Crippen molar-refractivity contribution in [1.82, 2.24) is 25.1 Å². The highest BCUT2D eigenvalue weighted by Crippen LogP contribution is 2.09. The number of rotatable bonds is 3. The van der Waals surface area contributed by atoms with E-state index in [9.17, 15) is 4.79 Å². The fourth-order valence-electron chi connectivity index (χ4n) is 1.62. The van der Waals surface area contributed by atoms with Crippen LogP contribution in [0.25, 0.3) is 0 Å². The van der Waals surface area contributed by atoms with Crippen molar-refractivity contribution >= 4 is 11.7 Å². The average molecular weight is 246 g/mol. The van der Waals surface area contributed by atoms with Gasteiger partial charge in [-0.1, -0.05) is 0 Å². The third-order valence-electron chi connectivity index (χ3n) is 2.52. The van der Waals surface area contributed by atoms with Gasteiger partial charge in [0.15, 0.2) is 5.82 Å². The van der Waals surface area contributed by atoms with Crippen molar-refractivity contribution in [2.45, 2.75) is 13.0 Å². The van der Waals surface area contributed by atoms with Crippen LogP contribution in [0.15, 0.2) is 24.7 Å². The first-order valence-electron chi connectivity index (χ1n) is 5.44. The number of nitrogens with two attached hydrogens (primary N) is 1. The van der Waals surface area contributed by atoms with E-state index in [2.05, 4.69) is 20.5 Å². The Bertz CT molecular complexity index is 564. The molecule has 0 saturated carbocycles. The van der Waals surface area contributed by atoms with Gasteiger partial charge < -0.3 is 15.6 Å². The van der Waals surface area contributed by atoms with Gasteiger partial charge >= 0.3 is 0 Å². The predicted molar refractivity (Wildman–Crippen MR) is 65.5 cm³/mol. The van der Waals surface area contributed by atoms with Gasteiger partial charge in [0, 0.05) is 18.8 Å². The maximum absolute atomic E-state index is 12.0. The predicted octanol–water partition coefficient (Wildman–Crippen LogP) is 0.283. The third kappa shape index (κ3) is 2.45. The van der Waals surface area contributed by atoms with Gasteiger partial charge in [-0.05, 0) is 19.1 Å². The van der Waals surface area contributed by atoms with Gasteiger partial charge in [0.1, 0.15) is 12.1 Å². The van der Waals surface area contributed by atoms with Crippen molar-refractivity contribution in [3.8, 4) is 0 Å². The molecule has 0 saturated heterocycles. The quantitative estimate of drug-likeness (QED) is 0.810. The number of pyridine rings is 1. The fraction of sp³-hybridized carbons (Fsp3) is 0.273. The molecule has 0 aliphatic carbocycles. The molecular formula is C11H14N6O. The summed E-state index contributed by atoms with van der Waals surface area (Å²) in [4.78, 5) is 15.8. The Morgan fingerprint density at radius 3 is 2.94 bits per heavy atom. The Labute approximate surface area is 104 Å².